The van der Waals surface area contributed by atoms with Crippen molar-refractivity contribution < 1.29 is 9.59 Å². The number of carbonyl (C=O) groups is 2. The van der Waals surface area contributed by atoms with Crippen LogP contribution in [0.4, 0.5) is 11.4 Å². The lowest BCUT2D eigenvalue weighted by atomic mass is 10.1. The number of rotatable bonds is 3. The first-order chi connectivity index (χ1) is 10.1. The molecule has 112 valence electrons. The first-order valence-corrected chi connectivity index (χ1v) is 7.32. The van der Waals surface area contributed by atoms with Crippen LogP contribution in [0.5, 0.6) is 0 Å². The number of amides is 2. The molecule has 1 heterocycles. The molecule has 3 rings (SSSR count). The number of nitrogen functional groups attached to an aromatic ring is 2. The van der Waals surface area contributed by atoms with E-state index in [1.165, 1.54) is 0 Å². The van der Waals surface area contributed by atoms with Gasteiger partial charge in [0.05, 0.1) is 5.56 Å². The fourth-order valence-corrected chi connectivity index (χ4v) is 2.74. The van der Waals surface area contributed by atoms with E-state index in [0.29, 0.717) is 35.9 Å². The maximum absolute atomic E-state index is 12.6. The van der Waals surface area contributed by atoms with Gasteiger partial charge in [-0.3, -0.25) is 9.59 Å². The Morgan fingerprint density at radius 1 is 1.19 bits per heavy atom. The van der Waals surface area contributed by atoms with Gasteiger partial charge < -0.3 is 21.7 Å². The van der Waals surface area contributed by atoms with E-state index in [4.69, 9.17) is 11.5 Å². The van der Waals surface area contributed by atoms with Gasteiger partial charge in [0, 0.05) is 24.0 Å². The van der Waals surface area contributed by atoms with Crippen molar-refractivity contribution in [3.63, 3.8) is 0 Å². The van der Waals surface area contributed by atoms with Crippen LogP contribution in [0.2, 0.25) is 0 Å². The van der Waals surface area contributed by atoms with Crippen molar-refractivity contribution in [1.82, 2.24) is 10.2 Å². The molecule has 1 saturated carbocycles. The fourth-order valence-electron chi connectivity index (χ4n) is 2.74. The van der Waals surface area contributed by atoms with Gasteiger partial charge in [-0.2, -0.15) is 0 Å². The third kappa shape index (κ3) is 2.79. The van der Waals surface area contributed by atoms with Crippen molar-refractivity contribution in [3.05, 3.63) is 23.8 Å². The van der Waals surface area contributed by atoms with Gasteiger partial charge in [0.2, 0.25) is 5.91 Å². The molecule has 2 fully saturated rings. The van der Waals surface area contributed by atoms with Crippen LogP contribution in [-0.4, -0.2) is 35.3 Å². The van der Waals surface area contributed by atoms with E-state index in [9.17, 15) is 9.59 Å². The first-order valence-electron chi connectivity index (χ1n) is 7.32. The highest BCUT2D eigenvalue weighted by Gasteiger charge is 2.37. The lowest BCUT2D eigenvalue weighted by Crippen LogP contribution is -2.46. The number of carbonyl (C=O) groups excluding carboxylic acids is 2. The van der Waals surface area contributed by atoms with Gasteiger partial charge in [0.15, 0.2) is 0 Å². The Morgan fingerprint density at radius 2 is 1.95 bits per heavy atom. The van der Waals surface area contributed by atoms with Crippen LogP contribution in [0.15, 0.2) is 18.2 Å². The second kappa shape index (κ2) is 5.27. The molecule has 6 heteroatoms. The lowest BCUT2D eigenvalue weighted by Gasteiger charge is -2.24. The van der Waals surface area contributed by atoms with E-state index in [0.717, 1.165) is 19.3 Å². The van der Waals surface area contributed by atoms with Crippen LogP contribution in [0.3, 0.4) is 0 Å². The maximum atomic E-state index is 12.6. The van der Waals surface area contributed by atoms with Crippen LogP contribution in [0.1, 0.15) is 36.0 Å². The number of likely N-dealkylation sites (tertiary alicyclic amines) is 1. The maximum Gasteiger partial charge on any atom is 0.256 e. The summed E-state index contributed by atoms with van der Waals surface area (Å²) in [6.07, 6.45) is 3.62. The Morgan fingerprint density at radius 3 is 2.62 bits per heavy atom. The zero-order chi connectivity index (χ0) is 15.0. The number of nitrogens with one attached hydrogen (secondary N) is 1. The van der Waals surface area contributed by atoms with E-state index >= 15 is 0 Å². The molecule has 2 aliphatic rings. The quantitative estimate of drug-likeness (QED) is 0.714. The summed E-state index contributed by atoms with van der Waals surface area (Å²) in [6.45, 7) is 0.589. The molecule has 0 bridgehead atoms. The Kier molecular flexibility index (Phi) is 3.45. The summed E-state index contributed by atoms with van der Waals surface area (Å²) in [5.74, 6) is -0.238. The summed E-state index contributed by atoms with van der Waals surface area (Å²) in [6, 6.07) is 4.77. The van der Waals surface area contributed by atoms with Gasteiger partial charge in [0.25, 0.3) is 5.91 Å². The van der Waals surface area contributed by atoms with Gasteiger partial charge in [-0.1, -0.05) is 0 Å². The van der Waals surface area contributed by atoms with E-state index in [-0.39, 0.29) is 17.9 Å². The Balaban J connectivity index is 1.77. The number of nitrogens with zero attached hydrogens (tertiary/aromatic N) is 1. The fraction of sp³-hybridized carbons (Fsp3) is 0.467. The van der Waals surface area contributed by atoms with Crippen LogP contribution in [0.25, 0.3) is 0 Å². The Labute approximate surface area is 123 Å². The monoisotopic (exact) mass is 288 g/mol. The van der Waals surface area contributed by atoms with Gasteiger partial charge in [-0.05, 0) is 43.9 Å². The Bertz CT molecular complexity index is 583. The predicted octanol–water partition coefficient (Wildman–Crippen LogP) is 0.734. The predicted molar refractivity (Wildman–Crippen MR) is 80.5 cm³/mol. The second-order valence-corrected chi connectivity index (χ2v) is 5.79. The Hall–Kier alpha value is -2.24. The molecule has 1 saturated heterocycles. The zero-order valence-electron chi connectivity index (χ0n) is 11.8. The summed E-state index contributed by atoms with van der Waals surface area (Å²) in [5.41, 5.74) is 12.8. The topological polar surface area (TPSA) is 101 Å². The van der Waals surface area contributed by atoms with Gasteiger partial charge in [0.1, 0.15) is 6.04 Å². The molecule has 5 N–H and O–H groups in total. The molecule has 1 unspecified atom stereocenters. The number of nitrogens with two attached hydrogens (primary N) is 2. The molecule has 1 aliphatic carbocycles. The third-order valence-corrected chi connectivity index (χ3v) is 4.05. The van der Waals surface area contributed by atoms with Gasteiger partial charge in [-0.25, -0.2) is 0 Å². The van der Waals surface area contributed by atoms with Crippen LogP contribution in [0, 0.1) is 0 Å². The molecule has 0 aromatic heterocycles. The zero-order valence-corrected chi connectivity index (χ0v) is 11.8. The van der Waals surface area contributed by atoms with Crippen molar-refractivity contribution in [1.29, 1.82) is 0 Å². The van der Waals surface area contributed by atoms with Crippen molar-refractivity contribution in [2.75, 3.05) is 18.0 Å². The lowest BCUT2D eigenvalue weighted by molar-refractivity contribution is -0.125. The van der Waals surface area contributed by atoms with Crippen LogP contribution < -0.4 is 16.8 Å². The number of anilines is 2. The van der Waals surface area contributed by atoms with Crippen molar-refractivity contribution >= 4 is 23.2 Å². The number of benzene rings is 1. The van der Waals surface area contributed by atoms with Crippen LogP contribution in [-0.2, 0) is 4.79 Å². The van der Waals surface area contributed by atoms with Crippen molar-refractivity contribution in [2.24, 2.45) is 0 Å². The highest BCUT2D eigenvalue weighted by atomic mass is 16.2. The normalized spacial score (nSPS) is 21.3. The average Bonchev–Trinajstić information content (AvgIpc) is 3.11. The molecule has 1 atom stereocenters. The molecule has 0 spiro atoms. The molecule has 1 aromatic rings. The van der Waals surface area contributed by atoms with Gasteiger partial charge >= 0.3 is 0 Å². The first kappa shape index (κ1) is 13.7. The van der Waals surface area contributed by atoms with E-state index in [1.54, 1.807) is 23.1 Å². The van der Waals surface area contributed by atoms with E-state index in [2.05, 4.69) is 5.32 Å². The minimum Gasteiger partial charge on any atom is -0.399 e. The van der Waals surface area contributed by atoms with E-state index < -0.39 is 0 Å². The second-order valence-electron chi connectivity index (χ2n) is 5.79. The van der Waals surface area contributed by atoms with Crippen molar-refractivity contribution in [3.8, 4) is 0 Å². The summed E-state index contributed by atoms with van der Waals surface area (Å²) in [5, 5.41) is 2.97. The molecule has 21 heavy (non-hydrogen) atoms. The standard InChI is InChI=1S/C15H20N4O2/c16-9-3-6-11(12(17)8-9)15(21)19-7-1-2-13(19)14(20)18-10-4-5-10/h3,6,8,10,13H,1-2,4-5,7,16-17H2,(H,18,20). The molecule has 1 aliphatic heterocycles. The minimum absolute atomic E-state index is 0.0441. The SMILES string of the molecule is Nc1ccc(C(=O)N2CCCC2C(=O)NC2CC2)c(N)c1. The molecular formula is C15H20N4O2. The highest BCUT2D eigenvalue weighted by Crippen LogP contribution is 2.25. The smallest absolute Gasteiger partial charge is 0.256 e. The summed E-state index contributed by atoms with van der Waals surface area (Å²) in [4.78, 5) is 26.5. The molecule has 6 nitrogen and oxygen atoms in total. The third-order valence-electron chi connectivity index (χ3n) is 4.05. The molecule has 0 radical (unpaired) electrons. The van der Waals surface area contributed by atoms with Gasteiger partial charge in [-0.15, -0.1) is 0 Å². The summed E-state index contributed by atoms with van der Waals surface area (Å²) in [7, 11) is 0. The number of hydrogen-bond acceptors (Lipinski definition) is 4. The summed E-state index contributed by atoms with van der Waals surface area (Å²) >= 11 is 0. The highest BCUT2D eigenvalue weighted by molar-refractivity contribution is 6.02. The minimum atomic E-state index is -0.380. The van der Waals surface area contributed by atoms with Crippen LogP contribution >= 0.6 is 0 Å². The summed E-state index contributed by atoms with van der Waals surface area (Å²) < 4.78 is 0. The number of hydrogen-bond donors (Lipinski definition) is 3. The van der Waals surface area contributed by atoms with Crippen molar-refractivity contribution in [2.45, 2.75) is 37.8 Å². The average molecular weight is 288 g/mol. The van der Waals surface area contributed by atoms with E-state index in [1.807, 2.05) is 0 Å². The largest absolute Gasteiger partial charge is 0.399 e. The molecule has 1 aromatic carbocycles. The molecule has 2 amide bonds. The molecular weight excluding hydrogens is 268 g/mol.